The number of carboxylic acids is 1. The lowest BCUT2D eigenvalue weighted by Gasteiger charge is -2.27. The molecule has 0 aliphatic carbocycles. The maximum atomic E-state index is 10.5. The topological polar surface area (TPSA) is 58.6 Å². The van der Waals surface area contributed by atoms with E-state index in [1.165, 1.54) is 5.56 Å². The van der Waals surface area contributed by atoms with Crippen molar-refractivity contribution in [1.29, 1.82) is 0 Å². The molecule has 0 saturated heterocycles. The number of hydrogen-bond donors (Lipinski definition) is 2. The van der Waals surface area contributed by atoms with Crippen molar-refractivity contribution in [3.05, 3.63) is 23.8 Å². The van der Waals surface area contributed by atoms with E-state index in [0.717, 1.165) is 17.9 Å². The summed E-state index contributed by atoms with van der Waals surface area (Å²) in [4.78, 5) is 10.5. The lowest BCUT2D eigenvalue weighted by atomic mass is 10.1. The Morgan fingerprint density at radius 2 is 2.41 bits per heavy atom. The Balaban J connectivity index is 2.03. The number of aryl methyl sites for hydroxylation is 1. The molecule has 0 spiro atoms. The molecule has 0 radical (unpaired) electrons. The summed E-state index contributed by atoms with van der Waals surface area (Å²) < 4.78 is 5.61. The molecule has 0 fully saturated rings. The van der Waals surface area contributed by atoms with Gasteiger partial charge in [-0.2, -0.15) is 0 Å². The Kier molecular flexibility index (Phi) is 3.52. The Labute approximate surface area is 101 Å². The van der Waals surface area contributed by atoms with Crippen LogP contribution in [-0.2, 0) is 11.2 Å². The lowest BCUT2D eigenvalue weighted by molar-refractivity contribution is -0.137. The van der Waals surface area contributed by atoms with E-state index in [9.17, 15) is 4.79 Å². The third-order valence-corrected chi connectivity index (χ3v) is 2.96. The zero-order valence-electron chi connectivity index (χ0n) is 9.90. The molecule has 1 unspecified atom stereocenters. The molecule has 4 nitrogen and oxygen atoms in total. The maximum Gasteiger partial charge on any atom is 0.303 e. The van der Waals surface area contributed by atoms with Crippen molar-refractivity contribution in [2.24, 2.45) is 0 Å². The second kappa shape index (κ2) is 5.08. The first-order chi connectivity index (χ1) is 8.19. The highest BCUT2D eigenvalue weighted by Gasteiger charge is 2.19. The van der Waals surface area contributed by atoms with Gasteiger partial charge in [0, 0.05) is 6.42 Å². The molecule has 1 atom stereocenters. The van der Waals surface area contributed by atoms with Crippen molar-refractivity contribution < 1.29 is 14.6 Å². The molecule has 2 N–H and O–H groups in total. The van der Waals surface area contributed by atoms with E-state index in [4.69, 9.17) is 9.84 Å². The smallest absolute Gasteiger partial charge is 0.303 e. The summed E-state index contributed by atoms with van der Waals surface area (Å²) in [7, 11) is 0. The molecule has 0 bridgehead atoms. The number of aliphatic carboxylic acids is 1. The summed E-state index contributed by atoms with van der Waals surface area (Å²) in [5.41, 5.74) is 2.23. The van der Waals surface area contributed by atoms with Crippen molar-refractivity contribution in [2.75, 3.05) is 11.9 Å². The van der Waals surface area contributed by atoms with Crippen LogP contribution >= 0.6 is 0 Å². The number of rotatable bonds is 4. The van der Waals surface area contributed by atoms with E-state index < -0.39 is 5.97 Å². The first kappa shape index (κ1) is 11.8. The normalized spacial score (nSPS) is 17.8. The average Bonchev–Trinajstić information content (AvgIpc) is 2.35. The van der Waals surface area contributed by atoms with Crippen LogP contribution in [-0.4, -0.2) is 23.7 Å². The van der Waals surface area contributed by atoms with Crippen molar-refractivity contribution >= 4 is 11.7 Å². The van der Waals surface area contributed by atoms with Gasteiger partial charge in [-0.25, -0.2) is 0 Å². The largest absolute Gasteiger partial charge is 0.489 e. The number of carbonyl (C=O) groups is 1. The minimum atomic E-state index is -0.764. The SMILES string of the molecule is CCc1ccc2c(c1)NC(CCC(=O)O)CO2. The van der Waals surface area contributed by atoms with Crippen molar-refractivity contribution in [3.63, 3.8) is 0 Å². The molecule has 0 saturated carbocycles. The third-order valence-electron chi connectivity index (χ3n) is 2.96. The predicted molar refractivity (Wildman–Crippen MR) is 65.6 cm³/mol. The van der Waals surface area contributed by atoms with Gasteiger partial charge in [0.25, 0.3) is 0 Å². The van der Waals surface area contributed by atoms with Gasteiger partial charge < -0.3 is 15.2 Å². The second-order valence-electron chi connectivity index (χ2n) is 4.27. The standard InChI is InChI=1S/C13H17NO3/c1-2-9-3-5-12-11(7-9)14-10(8-17-12)4-6-13(15)16/h3,5,7,10,14H,2,4,6,8H2,1H3,(H,15,16). The van der Waals surface area contributed by atoms with Gasteiger partial charge in [-0.05, 0) is 30.5 Å². The number of benzene rings is 1. The number of ether oxygens (including phenoxy) is 1. The van der Waals surface area contributed by atoms with E-state index >= 15 is 0 Å². The summed E-state index contributed by atoms with van der Waals surface area (Å²) in [5, 5.41) is 12.0. The van der Waals surface area contributed by atoms with E-state index in [2.05, 4.69) is 24.4 Å². The van der Waals surface area contributed by atoms with Crippen LogP contribution in [0.25, 0.3) is 0 Å². The number of hydrogen-bond acceptors (Lipinski definition) is 3. The number of carboxylic acid groups (broad SMARTS) is 1. The van der Waals surface area contributed by atoms with Crippen LogP contribution in [0.3, 0.4) is 0 Å². The van der Waals surface area contributed by atoms with Crippen molar-refractivity contribution in [1.82, 2.24) is 0 Å². The zero-order chi connectivity index (χ0) is 12.3. The van der Waals surface area contributed by atoms with Crippen LogP contribution in [0.4, 0.5) is 5.69 Å². The number of nitrogens with one attached hydrogen (secondary N) is 1. The quantitative estimate of drug-likeness (QED) is 0.840. The third kappa shape index (κ3) is 2.90. The molecule has 1 aliphatic heterocycles. The van der Waals surface area contributed by atoms with Crippen LogP contribution in [0.2, 0.25) is 0 Å². The Bertz CT molecular complexity index is 417. The molecule has 1 heterocycles. The molecule has 1 aromatic carbocycles. The highest BCUT2D eigenvalue weighted by Crippen LogP contribution is 2.30. The predicted octanol–water partition coefficient (Wildman–Crippen LogP) is 2.29. The van der Waals surface area contributed by atoms with E-state index in [-0.39, 0.29) is 12.5 Å². The zero-order valence-corrected chi connectivity index (χ0v) is 9.90. The van der Waals surface area contributed by atoms with Gasteiger partial charge >= 0.3 is 5.97 Å². The molecular weight excluding hydrogens is 218 g/mol. The van der Waals surface area contributed by atoms with Gasteiger partial charge in [0.05, 0.1) is 11.7 Å². The van der Waals surface area contributed by atoms with Crippen LogP contribution in [0.1, 0.15) is 25.3 Å². The summed E-state index contributed by atoms with van der Waals surface area (Å²) in [5.74, 6) is 0.0914. The molecule has 2 rings (SSSR count). The molecule has 4 heteroatoms. The van der Waals surface area contributed by atoms with Crippen molar-refractivity contribution in [2.45, 2.75) is 32.2 Å². The minimum Gasteiger partial charge on any atom is -0.489 e. The first-order valence-corrected chi connectivity index (χ1v) is 5.93. The van der Waals surface area contributed by atoms with Gasteiger partial charge in [-0.1, -0.05) is 13.0 Å². The van der Waals surface area contributed by atoms with E-state index in [1.54, 1.807) is 0 Å². The molecule has 92 valence electrons. The van der Waals surface area contributed by atoms with Gasteiger partial charge in [0.2, 0.25) is 0 Å². The average molecular weight is 235 g/mol. The molecule has 1 aromatic rings. The minimum absolute atomic E-state index is 0.0886. The summed E-state index contributed by atoms with van der Waals surface area (Å²) in [6.07, 6.45) is 1.74. The maximum absolute atomic E-state index is 10.5. The lowest BCUT2D eigenvalue weighted by Crippen LogP contribution is -2.31. The summed E-state index contributed by atoms with van der Waals surface area (Å²) >= 11 is 0. The molecule has 0 aromatic heterocycles. The van der Waals surface area contributed by atoms with E-state index in [1.807, 2.05) is 6.07 Å². The molecular formula is C13H17NO3. The van der Waals surface area contributed by atoms with Crippen LogP contribution in [0.5, 0.6) is 5.75 Å². The second-order valence-corrected chi connectivity index (χ2v) is 4.27. The number of anilines is 1. The highest BCUT2D eigenvalue weighted by atomic mass is 16.5. The fourth-order valence-electron chi connectivity index (χ4n) is 1.94. The Hall–Kier alpha value is -1.71. The van der Waals surface area contributed by atoms with Crippen LogP contribution < -0.4 is 10.1 Å². The van der Waals surface area contributed by atoms with Gasteiger partial charge in [-0.3, -0.25) is 4.79 Å². The van der Waals surface area contributed by atoms with Crippen LogP contribution in [0.15, 0.2) is 18.2 Å². The Morgan fingerprint density at radius 1 is 1.59 bits per heavy atom. The fraction of sp³-hybridized carbons (Fsp3) is 0.462. The monoisotopic (exact) mass is 235 g/mol. The first-order valence-electron chi connectivity index (χ1n) is 5.93. The summed E-state index contributed by atoms with van der Waals surface area (Å²) in [6, 6.07) is 6.18. The Morgan fingerprint density at radius 3 is 3.12 bits per heavy atom. The van der Waals surface area contributed by atoms with Gasteiger partial charge in [-0.15, -0.1) is 0 Å². The molecule has 1 aliphatic rings. The van der Waals surface area contributed by atoms with E-state index in [0.29, 0.717) is 13.0 Å². The summed E-state index contributed by atoms with van der Waals surface area (Å²) in [6.45, 7) is 2.64. The van der Waals surface area contributed by atoms with Gasteiger partial charge in [0.1, 0.15) is 12.4 Å². The highest BCUT2D eigenvalue weighted by molar-refractivity contribution is 5.67. The fourth-order valence-corrected chi connectivity index (χ4v) is 1.94. The molecule has 0 amide bonds. The molecule has 17 heavy (non-hydrogen) atoms. The van der Waals surface area contributed by atoms with Crippen LogP contribution in [0, 0.1) is 0 Å². The number of fused-ring (bicyclic) bond motifs is 1. The van der Waals surface area contributed by atoms with Crippen molar-refractivity contribution in [3.8, 4) is 5.75 Å². The van der Waals surface area contributed by atoms with Gasteiger partial charge in [0.15, 0.2) is 0 Å².